The number of halogens is 1. The van der Waals surface area contributed by atoms with Gasteiger partial charge in [-0.2, -0.15) is 0 Å². The highest BCUT2D eigenvalue weighted by Gasteiger charge is 2.33. The van der Waals surface area contributed by atoms with Crippen molar-refractivity contribution in [3.05, 3.63) is 88.5 Å². The number of ether oxygens (including phenoxy) is 3. The Labute approximate surface area is 220 Å². The summed E-state index contributed by atoms with van der Waals surface area (Å²) in [6.07, 6.45) is 1.80. The molecule has 0 unspecified atom stereocenters. The Bertz CT molecular complexity index is 1570. The van der Waals surface area contributed by atoms with Gasteiger partial charge in [-0.25, -0.2) is 9.79 Å². The number of esters is 1. The average Bonchev–Trinajstić information content (AvgIpc) is 3.42. The topological polar surface area (TPSA) is 79.1 Å². The first-order valence-electron chi connectivity index (χ1n) is 11.7. The van der Waals surface area contributed by atoms with Gasteiger partial charge in [0, 0.05) is 4.47 Å². The molecule has 0 aliphatic carbocycles. The summed E-state index contributed by atoms with van der Waals surface area (Å²) < 4.78 is 19.2. The summed E-state index contributed by atoms with van der Waals surface area (Å²) in [5.41, 5.74) is 3.48. The summed E-state index contributed by atoms with van der Waals surface area (Å²) in [6.45, 7) is 8.20. The largest absolute Gasteiger partial charge is 0.463 e. The van der Waals surface area contributed by atoms with Crippen LogP contribution in [0, 0.1) is 0 Å². The van der Waals surface area contributed by atoms with Gasteiger partial charge in [0.05, 0.1) is 28.5 Å². The van der Waals surface area contributed by atoms with Gasteiger partial charge in [-0.15, -0.1) is 0 Å². The Morgan fingerprint density at radius 1 is 1.25 bits per heavy atom. The lowest BCUT2D eigenvalue weighted by molar-refractivity contribution is -0.139. The molecule has 0 spiro atoms. The third-order valence-corrected chi connectivity index (χ3v) is 7.88. The third kappa shape index (κ3) is 4.30. The van der Waals surface area contributed by atoms with E-state index in [-0.39, 0.29) is 19.0 Å². The molecule has 186 valence electrons. The molecule has 2 aromatic carbocycles. The molecule has 0 bridgehead atoms. The number of hydrogen-bond donors (Lipinski definition) is 0. The molecule has 5 rings (SSSR count). The predicted molar refractivity (Wildman–Crippen MR) is 141 cm³/mol. The fourth-order valence-electron chi connectivity index (χ4n) is 4.35. The van der Waals surface area contributed by atoms with Gasteiger partial charge in [0.1, 0.15) is 0 Å². The average molecular weight is 569 g/mol. The first-order chi connectivity index (χ1) is 17.3. The lowest BCUT2D eigenvalue weighted by Gasteiger charge is -2.25. The van der Waals surface area contributed by atoms with Crippen molar-refractivity contribution < 1.29 is 19.0 Å². The number of aromatic nitrogens is 1. The van der Waals surface area contributed by atoms with Gasteiger partial charge in [0.15, 0.2) is 16.3 Å². The predicted octanol–water partition coefficient (Wildman–Crippen LogP) is 4.41. The van der Waals surface area contributed by atoms with Crippen LogP contribution in [0.3, 0.4) is 0 Å². The molecule has 2 aliphatic heterocycles. The molecular weight excluding hydrogens is 544 g/mol. The summed E-state index contributed by atoms with van der Waals surface area (Å²) in [6, 6.07) is 11.1. The second-order valence-corrected chi connectivity index (χ2v) is 10.7. The smallest absolute Gasteiger partial charge is 0.338 e. The summed E-state index contributed by atoms with van der Waals surface area (Å²) in [4.78, 5) is 32.0. The quantitative estimate of drug-likeness (QED) is 0.426. The molecule has 36 heavy (non-hydrogen) atoms. The van der Waals surface area contributed by atoms with Gasteiger partial charge in [-0.3, -0.25) is 9.36 Å². The van der Waals surface area contributed by atoms with Crippen LogP contribution < -0.4 is 24.4 Å². The third-order valence-electron chi connectivity index (χ3n) is 6.21. The number of benzene rings is 2. The summed E-state index contributed by atoms with van der Waals surface area (Å²) in [5.74, 6) is 1.17. The lowest BCUT2D eigenvalue weighted by atomic mass is 9.93. The van der Waals surface area contributed by atoms with Gasteiger partial charge in [0.25, 0.3) is 5.56 Å². The van der Waals surface area contributed by atoms with Gasteiger partial charge >= 0.3 is 5.97 Å². The van der Waals surface area contributed by atoms with E-state index in [1.54, 1.807) is 24.5 Å². The molecule has 1 aromatic heterocycles. The van der Waals surface area contributed by atoms with Crippen LogP contribution in [0.2, 0.25) is 0 Å². The number of hydrogen-bond acceptors (Lipinski definition) is 7. The standard InChI is InChI=1S/C27H25BrN2O5S/c1-5-33-26(32)23-15(4)29-27-30(24(23)17-8-6-16(7-9-17)14(2)3)25(31)22(36-27)11-18-10-20-21(12-19(18)28)35-13-34-20/h6-12,14,24H,5,13H2,1-4H3/b22-11-/t24-/m0/s1. The fraction of sp³-hybridized carbons (Fsp3) is 0.296. The summed E-state index contributed by atoms with van der Waals surface area (Å²) >= 11 is 4.85. The van der Waals surface area contributed by atoms with E-state index in [0.29, 0.717) is 38.0 Å². The normalized spacial score (nSPS) is 16.8. The van der Waals surface area contributed by atoms with E-state index < -0.39 is 12.0 Å². The highest BCUT2D eigenvalue weighted by atomic mass is 79.9. The molecule has 0 fully saturated rings. The van der Waals surface area contributed by atoms with E-state index in [4.69, 9.17) is 14.2 Å². The maximum absolute atomic E-state index is 13.8. The Morgan fingerprint density at radius 2 is 1.94 bits per heavy atom. The van der Waals surface area contributed by atoms with Gasteiger partial charge in [0.2, 0.25) is 6.79 Å². The summed E-state index contributed by atoms with van der Waals surface area (Å²) in [5, 5.41) is 0. The SMILES string of the molecule is CCOC(=O)C1=C(C)N=c2s/c(=C\c3cc4c(cc3Br)OCO4)c(=O)n2[C@H]1c1ccc(C(C)C)cc1. The van der Waals surface area contributed by atoms with Crippen LogP contribution in [0.4, 0.5) is 0 Å². The molecular formula is C27H25BrN2O5S. The van der Waals surface area contributed by atoms with Crippen molar-refractivity contribution >= 4 is 39.3 Å². The number of thiazole rings is 1. The number of carbonyl (C=O) groups excluding carboxylic acids is 1. The molecule has 9 heteroatoms. The summed E-state index contributed by atoms with van der Waals surface area (Å²) in [7, 11) is 0. The van der Waals surface area contributed by atoms with Crippen molar-refractivity contribution in [2.45, 2.75) is 39.7 Å². The van der Waals surface area contributed by atoms with Crippen LogP contribution in [0.15, 0.2) is 61.9 Å². The van der Waals surface area contributed by atoms with Crippen molar-refractivity contribution in [2.75, 3.05) is 13.4 Å². The number of rotatable bonds is 5. The molecule has 0 saturated carbocycles. The van der Waals surface area contributed by atoms with Crippen LogP contribution in [0.25, 0.3) is 6.08 Å². The number of fused-ring (bicyclic) bond motifs is 2. The van der Waals surface area contributed by atoms with Gasteiger partial charge in [-0.1, -0.05) is 65.4 Å². The zero-order chi connectivity index (χ0) is 25.6. The van der Waals surface area contributed by atoms with Crippen molar-refractivity contribution in [3.8, 4) is 11.5 Å². The van der Waals surface area contributed by atoms with Gasteiger partial charge < -0.3 is 14.2 Å². The van der Waals surface area contributed by atoms with E-state index in [0.717, 1.165) is 15.6 Å². The Kier molecular flexibility index (Phi) is 6.61. The Hall–Kier alpha value is -3.17. The first kappa shape index (κ1) is 24.5. The lowest BCUT2D eigenvalue weighted by Crippen LogP contribution is -2.39. The molecule has 0 amide bonds. The van der Waals surface area contributed by atoms with E-state index in [1.165, 1.54) is 16.9 Å². The van der Waals surface area contributed by atoms with Crippen LogP contribution in [-0.4, -0.2) is 23.9 Å². The van der Waals surface area contributed by atoms with Crippen LogP contribution in [-0.2, 0) is 9.53 Å². The molecule has 0 N–H and O–H groups in total. The second kappa shape index (κ2) is 9.71. The fourth-order valence-corrected chi connectivity index (χ4v) is 5.83. The minimum absolute atomic E-state index is 0.166. The van der Waals surface area contributed by atoms with Gasteiger partial charge in [-0.05, 0) is 54.7 Å². The molecule has 0 saturated heterocycles. The van der Waals surface area contributed by atoms with E-state index in [1.807, 2.05) is 36.4 Å². The molecule has 7 nitrogen and oxygen atoms in total. The first-order valence-corrected chi connectivity index (χ1v) is 13.3. The highest BCUT2D eigenvalue weighted by Crippen LogP contribution is 2.37. The Balaban J connectivity index is 1.69. The number of carbonyl (C=O) groups is 1. The molecule has 2 aliphatic rings. The molecule has 0 radical (unpaired) electrons. The molecule has 3 aromatic rings. The van der Waals surface area contributed by atoms with E-state index >= 15 is 0 Å². The second-order valence-electron chi connectivity index (χ2n) is 8.85. The van der Waals surface area contributed by atoms with Crippen LogP contribution >= 0.6 is 27.3 Å². The van der Waals surface area contributed by atoms with Crippen molar-refractivity contribution in [1.82, 2.24) is 4.57 Å². The van der Waals surface area contributed by atoms with Crippen molar-refractivity contribution in [1.29, 1.82) is 0 Å². The monoisotopic (exact) mass is 568 g/mol. The molecule has 3 heterocycles. The minimum atomic E-state index is -0.635. The highest BCUT2D eigenvalue weighted by molar-refractivity contribution is 9.10. The van der Waals surface area contributed by atoms with Crippen molar-refractivity contribution in [2.24, 2.45) is 4.99 Å². The zero-order valence-corrected chi connectivity index (χ0v) is 22.7. The van der Waals surface area contributed by atoms with Crippen LogP contribution in [0.1, 0.15) is 56.3 Å². The minimum Gasteiger partial charge on any atom is -0.463 e. The van der Waals surface area contributed by atoms with Crippen molar-refractivity contribution in [3.63, 3.8) is 0 Å². The number of nitrogens with zero attached hydrogens (tertiary/aromatic N) is 2. The Morgan fingerprint density at radius 3 is 2.61 bits per heavy atom. The van der Waals surface area contributed by atoms with E-state index in [9.17, 15) is 9.59 Å². The van der Waals surface area contributed by atoms with E-state index in [2.05, 4.69) is 34.8 Å². The molecule has 1 atom stereocenters. The maximum Gasteiger partial charge on any atom is 0.338 e. The number of allylic oxidation sites excluding steroid dienone is 1. The van der Waals surface area contributed by atoms with Crippen LogP contribution in [0.5, 0.6) is 11.5 Å². The zero-order valence-electron chi connectivity index (χ0n) is 20.3. The maximum atomic E-state index is 13.8.